The Morgan fingerprint density at radius 2 is 2.17 bits per heavy atom. The molecule has 1 aromatic carbocycles. The monoisotopic (exact) mass is 248 g/mol. The Kier molecular flexibility index (Phi) is 3.72. The lowest BCUT2D eigenvalue weighted by Crippen LogP contribution is -2.34. The van der Waals surface area contributed by atoms with Gasteiger partial charge in [0.1, 0.15) is 0 Å². The topological polar surface area (TPSA) is 84.4 Å². The van der Waals surface area contributed by atoms with Gasteiger partial charge >= 0.3 is 0 Å². The van der Waals surface area contributed by atoms with Crippen LogP contribution in [-0.2, 0) is 0 Å². The number of nitrogens with two attached hydrogens (primary N) is 2. The lowest BCUT2D eigenvalue weighted by molar-refractivity contribution is 0.0950. The second-order valence-electron chi connectivity index (χ2n) is 4.81. The number of hydrogen-bond acceptors (Lipinski definition) is 4. The second kappa shape index (κ2) is 5.27. The second-order valence-corrected chi connectivity index (χ2v) is 4.81. The molecular weight excluding hydrogens is 228 g/mol. The average molecular weight is 248 g/mol. The summed E-state index contributed by atoms with van der Waals surface area (Å²) in [4.78, 5) is 14.2. The number of hydrogen-bond donors (Lipinski definition) is 3. The van der Waals surface area contributed by atoms with Crippen molar-refractivity contribution in [1.82, 2.24) is 10.2 Å². The van der Waals surface area contributed by atoms with Gasteiger partial charge in [0.05, 0.1) is 5.56 Å². The van der Waals surface area contributed by atoms with Crippen LogP contribution in [0.1, 0.15) is 23.2 Å². The molecule has 98 valence electrons. The van der Waals surface area contributed by atoms with Gasteiger partial charge in [0.2, 0.25) is 0 Å². The van der Waals surface area contributed by atoms with E-state index in [-0.39, 0.29) is 5.91 Å². The first kappa shape index (κ1) is 12.7. The minimum Gasteiger partial charge on any atom is -0.399 e. The number of nitrogen functional groups attached to an aromatic ring is 2. The number of benzene rings is 1. The molecule has 0 radical (unpaired) electrons. The molecule has 1 aliphatic rings. The summed E-state index contributed by atoms with van der Waals surface area (Å²) < 4.78 is 0. The number of amides is 1. The van der Waals surface area contributed by atoms with Crippen LogP contribution in [0.2, 0.25) is 0 Å². The van der Waals surface area contributed by atoms with Gasteiger partial charge in [-0.05, 0) is 38.1 Å². The van der Waals surface area contributed by atoms with Gasteiger partial charge in [-0.15, -0.1) is 0 Å². The molecule has 0 bridgehead atoms. The maximum Gasteiger partial charge on any atom is 0.253 e. The van der Waals surface area contributed by atoms with Crippen molar-refractivity contribution in [3.05, 3.63) is 23.8 Å². The minimum atomic E-state index is -0.142. The Hall–Kier alpha value is -1.75. The molecule has 2 rings (SSSR count). The number of likely N-dealkylation sites (N-methyl/N-ethyl adjacent to an activating group) is 1. The quantitative estimate of drug-likeness (QED) is 0.669. The van der Waals surface area contributed by atoms with Crippen LogP contribution in [0, 0.1) is 0 Å². The van der Waals surface area contributed by atoms with E-state index >= 15 is 0 Å². The fourth-order valence-corrected chi connectivity index (χ4v) is 1.93. The summed E-state index contributed by atoms with van der Waals surface area (Å²) in [5.41, 5.74) is 12.8. The van der Waals surface area contributed by atoms with Crippen LogP contribution in [0.3, 0.4) is 0 Å². The molecule has 0 aromatic heterocycles. The van der Waals surface area contributed by atoms with Crippen LogP contribution < -0.4 is 16.8 Å². The van der Waals surface area contributed by atoms with Crippen LogP contribution in [0.5, 0.6) is 0 Å². The highest BCUT2D eigenvalue weighted by molar-refractivity contribution is 5.99. The largest absolute Gasteiger partial charge is 0.399 e. The molecular formula is C13H20N4O. The van der Waals surface area contributed by atoms with Crippen molar-refractivity contribution in [2.45, 2.75) is 18.9 Å². The highest BCUT2D eigenvalue weighted by Gasteiger charge is 2.25. The van der Waals surface area contributed by atoms with Crippen molar-refractivity contribution in [3.8, 4) is 0 Å². The summed E-state index contributed by atoms with van der Waals surface area (Å²) in [6.07, 6.45) is 2.55. The predicted octanol–water partition coefficient (Wildman–Crippen LogP) is 0.675. The van der Waals surface area contributed by atoms with Gasteiger partial charge in [-0.1, -0.05) is 0 Å². The first-order chi connectivity index (χ1) is 8.58. The maximum absolute atomic E-state index is 11.9. The molecule has 1 aliphatic carbocycles. The Balaban J connectivity index is 1.83. The van der Waals surface area contributed by atoms with E-state index in [0.717, 1.165) is 6.54 Å². The van der Waals surface area contributed by atoms with Crippen molar-refractivity contribution in [1.29, 1.82) is 0 Å². The van der Waals surface area contributed by atoms with Crippen LogP contribution >= 0.6 is 0 Å². The zero-order valence-electron chi connectivity index (χ0n) is 10.6. The van der Waals surface area contributed by atoms with Crippen molar-refractivity contribution >= 4 is 17.3 Å². The van der Waals surface area contributed by atoms with Gasteiger partial charge in [0.15, 0.2) is 0 Å². The van der Waals surface area contributed by atoms with E-state index in [1.165, 1.54) is 12.8 Å². The molecule has 1 aromatic rings. The third-order valence-corrected chi connectivity index (χ3v) is 3.24. The van der Waals surface area contributed by atoms with Crippen molar-refractivity contribution < 1.29 is 4.79 Å². The number of rotatable bonds is 5. The number of nitrogens with one attached hydrogen (secondary N) is 1. The van der Waals surface area contributed by atoms with E-state index in [1.54, 1.807) is 18.2 Å². The molecule has 5 nitrogen and oxygen atoms in total. The highest BCUT2D eigenvalue weighted by atomic mass is 16.1. The molecule has 1 fully saturated rings. The normalized spacial score (nSPS) is 14.8. The summed E-state index contributed by atoms with van der Waals surface area (Å²) >= 11 is 0. The van der Waals surface area contributed by atoms with E-state index < -0.39 is 0 Å². The van der Waals surface area contributed by atoms with Gasteiger partial charge in [-0.2, -0.15) is 0 Å². The van der Waals surface area contributed by atoms with Crippen molar-refractivity contribution in [3.63, 3.8) is 0 Å². The van der Waals surface area contributed by atoms with Crippen molar-refractivity contribution in [2.75, 3.05) is 31.6 Å². The Labute approximate surface area is 107 Å². The molecule has 18 heavy (non-hydrogen) atoms. The zero-order valence-corrected chi connectivity index (χ0v) is 10.6. The third kappa shape index (κ3) is 3.13. The van der Waals surface area contributed by atoms with Gasteiger partial charge in [0, 0.05) is 30.5 Å². The van der Waals surface area contributed by atoms with Crippen molar-refractivity contribution in [2.24, 2.45) is 0 Å². The predicted molar refractivity (Wildman–Crippen MR) is 73.3 cm³/mol. The zero-order chi connectivity index (χ0) is 13.1. The van der Waals surface area contributed by atoms with Gasteiger partial charge in [-0.25, -0.2) is 0 Å². The average Bonchev–Trinajstić information content (AvgIpc) is 3.12. The van der Waals surface area contributed by atoms with E-state index in [9.17, 15) is 4.79 Å². The van der Waals surface area contributed by atoms with Gasteiger partial charge in [-0.3, -0.25) is 4.79 Å². The van der Waals surface area contributed by atoms with E-state index in [2.05, 4.69) is 17.3 Å². The van der Waals surface area contributed by atoms with Gasteiger partial charge in [0.25, 0.3) is 5.91 Å². The van der Waals surface area contributed by atoms with Crippen LogP contribution in [0.25, 0.3) is 0 Å². The molecule has 0 heterocycles. The first-order valence-electron chi connectivity index (χ1n) is 6.21. The Morgan fingerprint density at radius 1 is 1.44 bits per heavy atom. The fraction of sp³-hybridized carbons (Fsp3) is 0.462. The van der Waals surface area contributed by atoms with Crippen LogP contribution in [0.4, 0.5) is 11.4 Å². The summed E-state index contributed by atoms with van der Waals surface area (Å²) in [6.45, 7) is 1.50. The van der Waals surface area contributed by atoms with E-state index in [4.69, 9.17) is 11.5 Å². The highest BCUT2D eigenvalue weighted by Crippen LogP contribution is 2.24. The number of anilines is 2. The Bertz CT molecular complexity index is 443. The molecule has 0 saturated heterocycles. The third-order valence-electron chi connectivity index (χ3n) is 3.24. The number of nitrogens with zero attached hydrogens (tertiary/aromatic N) is 1. The summed E-state index contributed by atoms with van der Waals surface area (Å²) in [6, 6.07) is 5.65. The van der Waals surface area contributed by atoms with Crippen LogP contribution in [-0.4, -0.2) is 37.0 Å². The lowest BCUT2D eigenvalue weighted by Gasteiger charge is -2.16. The Morgan fingerprint density at radius 3 is 2.78 bits per heavy atom. The maximum atomic E-state index is 11.9. The summed E-state index contributed by atoms with van der Waals surface area (Å²) in [5, 5.41) is 2.87. The molecule has 5 heteroatoms. The smallest absolute Gasteiger partial charge is 0.253 e. The fourth-order valence-electron chi connectivity index (χ4n) is 1.93. The molecule has 0 atom stereocenters. The summed E-state index contributed by atoms with van der Waals surface area (Å²) in [7, 11) is 2.08. The standard InChI is InChI=1S/C13H20N4O/c1-17(10-3-4-10)7-6-16-13(18)11-5-2-9(14)8-12(11)15/h2,5,8,10H,3-4,6-7,14-15H2,1H3,(H,16,18). The first-order valence-corrected chi connectivity index (χ1v) is 6.21. The van der Waals surface area contributed by atoms with E-state index in [0.29, 0.717) is 29.5 Å². The molecule has 0 unspecified atom stereocenters. The minimum absolute atomic E-state index is 0.142. The van der Waals surface area contributed by atoms with E-state index in [1.807, 2.05) is 0 Å². The molecule has 5 N–H and O–H groups in total. The number of carbonyl (C=O) groups excluding carboxylic acids is 1. The molecule has 0 spiro atoms. The molecule has 1 amide bonds. The van der Waals surface area contributed by atoms with Gasteiger partial charge < -0.3 is 21.7 Å². The van der Waals surface area contributed by atoms with Crippen LogP contribution in [0.15, 0.2) is 18.2 Å². The SMILES string of the molecule is CN(CCNC(=O)c1ccc(N)cc1N)C1CC1. The molecule has 1 saturated carbocycles. The summed E-state index contributed by atoms with van der Waals surface area (Å²) in [5.74, 6) is -0.142. The molecule has 0 aliphatic heterocycles. The lowest BCUT2D eigenvalue weighted by atomic mass is 10.1. The number of carbonyl (C=O) groups is 1.